The first kappa shape index (κ1) is 57.9. The van der Waals surface area contributed by atoms with Crippen molar-refractivity contribution in [3.8, 4) is 22.3 Å². The minimum absolute atomic E-state index is 0.218. The highest BCUT2D eigenvalue weighted by Gasteiger charge is 2.47. The zero-order valence-corrected chi connectivity index (χ0v) is 53.8. The van der Waals surface area contributed by atoms with Crippen molar-refractivity contribution in [1.29, 1.82) is 0 Å². The molecule has 8 heteroatoms. The molecule has 15 aromatic carbocycles. The van der Waals surface area contributed by atoms with Crippen LogP contribution in [0, 0.1) is 0 Å². The van der Waals surface area contributed by atoms with Crippen LogP contribution in [-0.4, -0.2) is 13.4 Å². The van der Waals surface area contributed by atoms with Gasteiger partial charge in [-0.15, -0.1) is 0 Å². The maximum absolute atomic E-state index is 4.17. The van der Waals surface area contributed by atoms with Gasteiger partial charge in [-0.25, -0.2) is 0 Å². The first-order valence-corrected chi connectivity index (χ1v) is 33.7. The van der Waals surface area contributed by atoms with Gasteiger partial charge in [0.1, 0.15) is 0 Å². The van der Waals surface area contributed by atoms with E-state index in [0.29, 0.717) is 0 Å². The predicted octanol–water partition coefficient (Wildman–Crippen LogP) is 20.1. The predicted molar refractivity (Wildman–Crippen MR) is 416 cm³/mol. The Balaban J connectivity index is 1.01. The monoisotopic (exact) mass is 1250 g/mol. The third-order valence-electron chi connectivity index (χ3n) is 19.6. The quantitative estimate of drug-likeness (QED) is 0.109. The Bertz CT molecular complexity index is 5230. The summed E-state index contributed by atoms with van der Waals surface area (Å²) >= 11 is 0. The molecule has 0 radical (unpaired) electrons. The Kier molecular flexibility index (Phi) is 14.7. The minimum Gasteiger partial charge on any atom is -0.356 e. The molecule has 0 spiro atoms. The van der Waals surface area contributed by atoms with Gasteiger partial charge in [-0.05, 0) is 160 Å². The summed E-state index contributed by atoms with van der Waals surface area (Å²) in [5, 5.41) is 4.17. The largest absolute Gasteiger partial charge is 0.356 e. The number of nitrogens with zero attached hydrogens (tertiary/aromatic N) is 5. The molecule has 98 heavy (non-hydrogen) atoms. The summed E-state index contributed by atoms with van der Waals surface area (Å²) in [7, 11) is 0. The number of rotatable bonds is 14. The molecule has 0 atom stereocenters. The fourth-order valence-corrected chi connectivity index (χ4v) is 15.5. The van der Waals surface area contributed by atoms with Gasteiger partial charge in [-0.3, -0.25) is 0 Å². The van der Waals surface area contributed by atoms with Crippen LogP contribution in [0.3, 0.4) is 0 Å². The molecule has 3 heterocycles. The van der Waals surface area contributed by atoms with Crippen molar-refractivity contribution in [3.63, 3.8) is 0 Å². The van der Waals surface area contributed by atoms with Gasteiger partial charge in [0, 0.05) is 90.8 Å². The number of hydrogen-bond acceptors (Lipinski definition) is 6. The highest BCUT2D eigenvalue weighted by atomic mass is 15.2. The Labute approximate surface area is 573 Å². The first-order valence-electron chi connectivity index (χ1n) is 33.7. The standard InChI is InChI=1S/C90H64B2N6/c1-11-34-64(35-12-1)76-54-33-55-77(65-36-13-2-14-37-65)90(76)98-84-63-83-80(62-79(84)91(66-38-15-3-16-39-66)88-81(93-67-40-17-4-18-41-67)58-74(59-85(88)98)94(68-42-19-5-20-43-68)69-44-21-6-22-45-69)92-78-56-31-32-57-82(78)96(72-50-27-9-28-51-72)86-60-75(61-87(89(86)92)97(83)73-52-29-10-30-53-73)95(70-46-23-7-24-47-70)71-48-25-8-26-49-71/h1-63,93H. The van der Waals surface area contributed by atoms with Crippen LogP contribution in [0.15, 0.2) is 382 Å². The van der Waals surface area contributed by atoms with E-state index in [-0.39, 0.29) is 13.4 Å². The third-order valence-corrected chi connectivity index (χ3v) is 19.6. The fraction of sp³-hybridized carbons (Fsp3) is 0. The molecular weight excluding hydrogens is 1190 g/mol. The lowest BCUT2D eigenvalue weighted by atomic mass is 9.30. The fourth-order valence-electron chi connectivity index (χ4n) is 15.5. The number of para-hydroxylation sites is 9. The second kappa shape index (κ2) is 24.9. The van der Waals surface area contributed by atoms with E-state index in [9.17, 15) is 0 Å². The van der Waals surface area contributed by atoms with E-state index < -0.39 is 0 Å². The molecule has 0 unspecified atom stereocenters. The zero-order chi connectivity index (χ0) is 64.9. The van der Waals surface area contributed by atoms with Crippen molar-refractivity contribution in [3.05, 3.63) is 382 Å². The van der Waals surface area contributed by atoms with Crippen LogP contribution in [0.2, 0.25) is 0 Å². The summed E-state index contributed by atoms with van der Waals surface area (Å²) in [5.41, 5.74) is 29.7. The van der Waals surface area contributed by atoms with Gasteiger partial charge in [0.2, 0.25) is 6.71 Å². The van der Waals surface area contributed by atoms with Gasteiger partial charge in [-0.1, -0.05) is 266 Å². The van der Waals surface area contributed by atoms with Gasteiger partial charge < -0.3 is 29.8 Å². The van der Waals surface area contributed by atoms with E-state index in [2.05, 4.69) is 412 Å². The lowest BCUT2D eigenvalue weighted by Gasteiger charge is -2.46. The van der Waals surface area contributed by atoms with Gasteiger partial charge in [0.15, 0.2) is 0 Å². The number of anilines is 17. The SMILES string of the molecule is c1ccc(Nc2cc(N(c3ccccc3)c3ccccc3)cc3c2B(c2ccccc2)c2cc4c(cc2N3c2c(-c3ccccc3)cccc2-c2ccccc2)N(c2ccccc2)c2cc(N(c3ccccc3)c3ccccc3)cc3c2B4c2ccccc2N3c2ccccc2)cc1. The van der Waals surface area contributed by atoms with Gasteiger partial charge >= 0.3 is 0 Å². The van der Waals surface area contributed by atoms with Crippen molar-refractivity contribution in [2.45, 2.75) is 0 Å². The van der Waals surface area contributed by atoms with E-state index in [0.717, 1.165) is 124 Å². The molecule has 0 aromatic heterocycles. The van der Waals surface area contributed by atoms with Crippen LogP contribution in [0.4, 0.5) is 96.7 Å². The number of nitrogens with one attached hydrogen (secondary N) is 1. The Morgan fingerprint density at radius 1 is 0.245 bits per heavy atom. The van der Waals surface area contributed by atoms with E-state index in [1.165, 1.54) is 27.3 Å². The summed E-state index contributed by atoms with van der Waals surface area (Å²) in [5.74, 6) is 0. The maximum Gasteiger partial charge on any atom is 0.252 e. The second-order valence-electron chi connectivity index (χ2n) is 25.2. The molecule has 6 nitrogen and oxygen atoms in total. The zero-order valence-electron chi connectivity index (χ0n) is 53.8. The molecule has 0 bridgehead atoms. The van der Waals surface area contributed by atoms with Gasteiger partial charge in [0.25, 0.3) is 6.71 Å². The maximum atomic E-state index is 4.17. The summed E-state index contributed by atoms with van der Waals surface area (Å²) < 4.78 is 0. The summed E-state index contributed by atoms with van der Waals surface area (Å²) in [6, 6.07) is 140. The highest BCUT2D eigenvalue weighted by Crippen LogP contribution is 2.53. The number of hydrogen-bond donors (Lipinski definition) is 1. The minimum atomic E-state index is -0.299. The van der Waals surface area contributed by atoms with E-state index >= 15 is 0 Å². The molecule has 1 N–H and O–H groups in total. The number of benzene rings is 15. The second-order valence-corrected chi connectivity index (χ2v) is 25.2. The third kappa shape index (κ3) is 10.1. The molecule has 18 rings (SSSR count). The van der Waals surface area contributed by atoms with E-state index in [1.807, 2.05) is 0 Å². The molecule has 3 aliphatic rings. The van der Waals surface area contributed by atoms with Crippen LogP contribution in [0.5, 0.6) is 0 Å². The van der Waals surface area contributed by atoms with Crippen LogP contribution >= 0.6 is 0 Å². The van der Waals surface area contributed by atoms with Gasteiger partial charge in [0.05, 0.1) is 17.1 Å². The van der Waals surface area contributed by atoms with E-state index in [1.54, 1.807) is 0 Å². The molecule has 0 aliphatic carbocycles. The highest BCUT2D eigenvalue weighted by molar-refractivity contribution is 7.02. The molecular formula is C90H64B2N6. The van der Waals surface area contributed by atoms with Crippen molar-refractivity contribution in [1.82, 2.24) is 0 Å². The normalized spacial score (nSPS) is 12.4. The van der Waals surface area contributed by atoms with Crippen molar-refractivity contribution >= 4 is 143 Å². The van der Waals surface area contributed by atoms with Crippen LogP contribution in [0.1, 0.15) is 0 Å². The Morgan fingerprint density at radius 2 is 0.622 bits per heavy atom. The van der Waals surface area contributed by atoms with Crippen LogP contribution < -0.4 is 62.6 Å². The lowest BCUT2D eigenvalue weighted by Crippen LogP contribution is -2.64. The lowest BCUT2D eigenvalue weighted by molar-refractivity contribution is 1.22. The molecule has 3 aliphatic heterocycles. The van der Waals surface area contributed by atoms with Crippen molar-refractivity contribution < 1.29 is 0 Å². The van der Waals surface area contributed by atoms with Gasteiger partial charge in [-0.2, -0.15) is 0 Å². The molecule has 460 valence electrons. The van der Waals surface area contributed by atoms with Crippen LogP contribution in [0.25, 0.3) is 22.3 Å². The molecule has 0 fully saturated rings. The van der Waals surface area contributed by atoms with E-state index in [4.69, 9.17) is 0 Å². The van der Waals surface area contributed by atoms with Crippen molar-refractivity contribution in [2.24, 2.45) is 0 Å². The molecule has 0 saturated carbocycles. The average Bonchev–Trinajstić information content (AvgIpc) is 0.689. The van der Waals surface area contributed by atoms with Crippen molar-refractivity contribution in [2.75, 3.05) is 29.8 Å². The molecule has 0 amide bonds. The van der Waals surface area contributed by atoms with Crippen LogP contribution in [-0.2, 0) is 0 Å². The number of fused-ring (bicyclic) bond motifs is 6. The summed E-state index contributed by atoms with van der Waals surface area (Å²) in [4.78, 5) is 12.6. The summed E-state index contributed by atoms with van der Waals surface area (Å²) in [6.07, 6.45) is 0. The average molecular weight is 1250 g/mol. The smallest absolute Gasteiger partial charge is 0.252 e. The summed E-state index contributed by atoms with van der Waals surface area (Å²) in [6.45, 7) is -0.517. The Hall–Kier alpha value is -12.8. The topological polar surface area (TPSA) is 28.2 Å². The Morgan fingerprint density at radius 3 is 1.11 bits per heavy atom. The molecule has 0 saturated heterocycles. The first-order chi connectivity index (χ1) is 48.7. The molecule has 15 aromatic rings.